The van der Waals surface area contributed by atoms with Crippen LogP contribution in [0.1, 0.15) is 31.4 Å². The van der Waals surface area contributed by atoms with Gasteiger partial charge in [-0.2, -0.15) is 0 Å². The third-order valence-corrected chi connectivity index (χ3v) is 4.44. The molecule has 0 aromatic heterocycles. The number of methoxy groups -OCH3 is 1. The van der Waals surface area contributed by atoms with Crippen LogP contribution in [0.3, 0.4) is 0 Å². The number of nitrogens with zero attached hydrogens (tertiary/aromatic N) is 1. The summed E-state index contributed by atoms with van der Waals surface area (Å²) in [7, 11) is 1.72. The maximum absolute atomic E-state index is 5.64. The molecule has 1 saturated carbocycles. The molecule has 6 heteroatoms. The quantitative estimate of drug-likeness (QED) is 0.841. The lowest BCUT2D eigenvalue weighted by atomic mass is 9.99. The Bertz CT molecular complexity index is 478. The summed E-state index contributed by atoms with van der Waals surface area (Å²) in [6.07, 6.45) is 2.70. The van der Waals surface area contributed by atoms with Crippen molar-refractivity contribution in [2.45, 2.75) is 25.8 Å². The monoisotopic (exact) mass is 362 g/mol. The Morgan fingerprint density at radius 3 is 2.43 bits per heavy atom. The lowest BCUT2D eigenvalue weighted by molar-refractivity contribution is 0.156. The first-order chi connectivity index (χ1) is 10.3. The predicted molar refractivity (Wildman–Crippen MR) is 98.6 cm³/mol. The molecule has 1 aliphatic heterocycles. The Kier molecular flexibility index (Phi) is 8.48. The number of rotatable bonds is 6. The second-order valence-corrected chi connectivity index (χ2v) is 5.91. The lowest BCUT2D eigenvalue weighted by Gasteiger charge is -2.35. The van der Waals surface area contributed by atoms with E-state index in [9.17, 15) is 0 Å². The van der Waals surface area contributed by atoms with Gasteiger partial charge in [-0.3, -0.25) is 4.90 Å². The third-order valence-electron chi connectivity index (χ3n) is 4.44. The zero-order valence-corrected chi connectivity index (χ0v) is 15.5. The van der Waals surface area contributed by atoms with Crippen LogP contribution in [-0.2, 0) is 0 Å². The Morgan fingerprint density at radius 2 is 1.87 bits per heavy atom. The zero-order valence-electron chi connectivity index (χ0n) is 13.9. The molecule has 3 rings (SSSR count). The molecule has 1 aliphatic carbocycles. The highest BCUT2D eigenvalue weighted by atomic mass is 35.5. The fourth-order valence-electron chi connectivity index (χ4n) is 3.30. The van der Waals surface area contributed by atoms with Crippen molar-refractivity contribution in [3.05, 3.63) is 23.8 Å². The summed E-state index contributed by atoms with van der Waals surface area (Å²) in [5.41, 5.74) is 1.37. The molecule has 1 saturated heterocycles. The summed E-state index contributed by atoms with van der Waals surface area (Å²) >= 11 is 0. The van der Waals surface area contributed by atoms with E-state index in [4.69, 9.17) is 9.47 Å². The number of benzene rings is 1. The molecule has 0 spiro atoms. The number of hydrogen-bond acceptors (Lipinski definition) is 4. The number of piperazine rings is 1. The molecule has 23 heavy (non-hydrogen) atoms. The van der Waals surface area contributed by atoms with E-state index in [1.165, 1.54) is 18.4 Å². The highest BCUT2D eigenvalue weighted by Crippen LogP contribution is 2.46. The first-order valence-corrected chi connectivity index (χ1v) is 8.09. The topological polar surface area (TPSA) is 33.7 Å². The van der Waals surface area contributed by atoms with Crippen molar-refractivity contribution in [1.29, 1.82) is 0 Å². The van der Waals surface area contributed by atoms with Crippen molar-refractivity contribution >= 4 is 24.8 Å². The van der Waals surface area contributed by atoms with Crippen LogP contribution in [0.4, 0.5) is 0 Å². The lowest BCUT2D eigenvalue weighted by Crippen LogP contribution is -2.45. The van der Waals surface area contributed by atoms with E-state index in [0.717, 1.165) is 43.6 Å². The molecule has 1 heterocycles. The highest BCUT2D eigenvalue weighted by molar-refractivity contribution is 5.85. The van der Waals surface area contributed by atoms with Crippen molar-refractivity contribution < 1.29 is 9.47 Å². The van der Waals surface area contributed by atoms with Crippen molar-refractivity contribution in [1.82, 2.24) is 10.2 Å². The van der Waals surface area contributed by atoms with Gasteiger partial charge in [-0.05, 0) is 43.4 Å². The summed E-state index contributed by atoms with van der Waals surface area (Å²) in [5, 5.41) is 3.44. The fraction of sp³-hybridized carbons (Fsp3) is 0.647. The van der Waals surface area contributed by atoms with E-state index >= 15 is 0 Å². The molecule has 1 aromatic rings. The number of halogens is 2. The van der Waals surface area contributed by atoms with Gasteiger partial charge in [0.25, 0.3) is 0 Å². The largest absolute Gasteiger partial charge is 0.493 e. The molecule has 2 aliphatic rings. The van der Waals surface area contributed by atoms with Crippen LogP contribution >= 0.6 is 24.8 Å². The maximum atomic E-state index is 5.64. The van der Waals surface area contributed by atoms with E-state index < -0.39 is 0 Å². The molecule has 1 N–H and O–H groups in total. The standard InChI is InChI=1S/C17H26N2O2.2ClH/c1-3-21-15-7-6-14(12-16(15)20-2)17(13-4-5-13)19-10-8-18-9-11-19;;/h6-7,12-13,17-18H,3-5,8-11H2,1-2H3;2*1H/t17-;;/m0../s1. The van der Waals surface area contributed by atoms with E-state index in [0.29, 0.717) is 12.6 Å². The second kappa shape index (κ2) is 9.58. The summed E-state index contributed by atoms with van der Waals surface area (Å²) in [6.45, 7) is 7.13. The van der Waals surface area contributed by atoms with Crippen molar-refractivity contribution in [2.75, 3.05) is 39.9 Å². The van der Waals surface area contributed by atoms with E-state index in [2.05, 4.69) is 28.4 Å². The molecule has 1 aromatic carbocycles. The first-order valence-electron chi connectivity index (χ1n) is 8.09. The Morgan fingerprint density at radius 1 is 1.17 bits per heavy atom. The molecule has 0 unspecified atom stereocenters. The Hall–Kier alpha value is -0.680. The Labute approximate surface area is 151 Å². The third kappa shape index (κ3) is 4.90. The number of ether oxygens (including phenoxy) is 2. The number of nitrogens with one attached hydrogen (secondary N) is 1. The summed E-state index contributed by atoms with van der Waals surface area (Å²) in [6, 6.07) is 7.00. The number of hydrogen-bond donors (Lipinski definition) is 1. The normalized spacial score (nSPS) is 19.2. The van der Waals surface area contributed by atoms with Gasteiger partial charge in [0, 0.05) is 32.2 Å². The molecule has 132 valence electrons. The van der Waals surface area contributed by atoms with E-state index in [1.807, 2.05) is 6.92 Å². The van der Waals surface area contributed by atoms with E-state index in [-0.39, 0.29) is 24.8 Å². The summed E-state index contributed by atoms with van der Waals surface area (Å²) in [4.78, 5) is 2.63. The van der Waals surface area contributed by atoms with Crippen LogP contribution in [-0.4, -0.2) is 44.8 Å². The average molecular weight is 363 g/mol. The first kappa shape index (κ1) is 20.4. The molecule has 0 amide bonds. The van der Waals surface area contributed by atoms with Gasteiger partial charge in [-0.1, -0.05) is 6.07 Å². The van der Waals surface area contributed by atoms with Gasteiger partial charge in [-0.25, -0.2) is 0 Å². The van der Waals surface area contributed by atoms with Gasteiger partial charge >= 0.3 is 0 Å². The average Bonchev–Trinajstić information content (AvgIpc) is 3.35. The van der Waals surface area contributed by atoms with Gasteiger partial charge in [-0.15, -0.1) is 24.8 Å². The van der Waals surface area contributed by atoms with Crippen molar-refractivity contribution in [3.8, 4) is 11.5 Å². The molecule has 0 bridgehead atoms. The SMILES string of the molecule is CCOc1ccc([C@H](C2CC2)N2CCNCC2)cc1OC.Cl.Cl. The van der Waals surface area contributed by atoms with Crippen LogP contribution < -0.4 is 14.8 Å². The molecule has 2 fully saturated rings. The van der Waals surface area contributed by atoms with Gasteiger partial charge in [0.05, 0.1) is 13.7 Å². The van der Waals surface area contributed by atoms with Crippen molar-refractivity contribution in [3.63, 3.8) is 0 Å². The van der Waals surface area contributed by atoms with Crippen molar-refractivity contribution in [2.24, 2.45) is 5.92 Å². The van der Waals surface area contributed by atoms with Gasteiger partial charge in [0.15, 0.2) is 11.5 Å². The Balaban J connectivity index is 0.00000132. The minimum atomic E-state index is 0. The van der Waals surface area contributed by atoms with Crippen LogP contribution in [0.2, 0.25) is 0 Å². The van der Waals surface area contributed by atoms with Crippen LogP contribution in [0.25, 0.3) is 0 Å². The fourth-order valence-corrected chi connectivity index (χ4v) is 3.30. The van der Waals surface area contributed by atoms with Crippen LogP contribution in [0, 0.1) is 5.92 Å². The molecule has 4 nitrogen and oxygen atoms in total. The van der Waals surface area contributed by atoms with Crippen LogP contribution in [0.5, 0.6) is 11.5 Å². The van der Waals surface area contributed by atoms with Gasteiger partial charge in [0.2, 0.25) is 0 Å². The summed E-state index contributed by atoms with van der Waals surface area (Å²) < 4.78 is 11.2. The van der Waals surface area contributed by atoms with Gasteiger partial charge < -0.3 is 14.8 Å². The molecular formula is C17H28Cl2N2O2. The molecular weight excluding hydrogens is 335 g/mol. The van der Waals surface area contributed by atoms with E-state index in [1.54, 1.807) is 7.11 Å². The second-order valence-electron chi connectivity index (χ2n) is 5.91. The highest BCUT2D eigenvalue weighted by Gasteiger charge is 2.37. The predicted octanol–water partition coefficient (Wildman–Crippen LogP) is 3.29. The van der Waals surface area contributed by atoms with Gasteiger partial charge in [0.1, 0.15) is 0 Å². The maximum Gasteiger partial charge on any atom is 0.161 e. The molecule has 0 radical (unpaired) electrons. The zero-order chi connectivity index (χ0) is 14.7. The minimum absolute atomic E-state index is 0. The van der Waals surface area contributed by atoms with Crippen LogP contribution in [0.15, 0.2) is 18.2 Å². The minimum Gasteiger partial charge on any atom is -0.493 e. The smallest absolute Gasteiger partial charge is 0.161 e. The molecule has 1 atom stereocenters. The summed E-state index contributed by atoms with van der Waals surface area (Å²) in [5.74, 6) is 2.51.